The van der Waals surface area contributed by atoms with Gasteiger partial charge in [-0.25, -0.2) is 4.39 Å². The number of ether oxygens (including phenoxy) is 1. The molecular formula is C17H18ClFN2O4S. The summed E-state index contributed by atoms with van der Waals surface area (Å²) in [4.78, 5) is 23.9. The minimum atomic E-state index is -1.01. The Bertz CT molecular complexity index is 793. The number of anilines is 1. The number of hydrogen-bond donors (Lipinski definition) is 1. The first-order valence-corrected chi connectivity index (χ1v) is 9.26. The fraction of sp³-hybridized carbons (Fsp3) is 0.353. The molecule has 2 rings (SSSR count). The number of halogens is 2. The Morgan fingerprint density at radius 3 is 2.77 bits per heavy atom. The lowest BCUT2D eigenvalue weighted by atomic mass is 10.2. The van der Waals surface area contributed by atoms with E-state index >= 15 is 0 Å². The number of benzene rings is 1. The van der Waals surface area contributed by atoms with Gasteiger partial charge in [-0.15, -0.1) is 11.8 Å². The monoisotopic (exact) mass is 400 g/mol. The number of nitrogens with zero attached hydrogens (tertiary/aromatic N) is 1. The molecule has 1 atom stereocenters. The fourth-order valence-electron chi connectivity index (χ4n) is 2.05. The molecule has 0 aliphatic carbocycles. The molecule has 0 bridgehead atoms. The molecule has 0 aliphatic rings. The topological polar surface area (TPSA) is 81.4 Å². The lowest BCUT2D eigenvalue weighted by Gasteiger charge is -2.14. The van der Waals surface area contributed by atoms with Gasteiger partial charge in [0.05, 0.1) is 22.2 Å². The zero-order chi connectivity index (χ0) is 19.3. The summed E-state index contributed by atoms with van der Waals surface area (Å²) < 4.78 is 23.2. The summed E-state index contributed by atoms with van der Waals surface area (Å²) in [5.41, 5.74) is 1.97. The molecule has 1 aromatic heterocycles. The van der Waals surface area contributed by atoms with Crippen LogP contribution in [0.15, 0.2) is 22.7 Å². The van der Waals surface area contributed by atoms with Crippen LogP contribution in [-0.4, -0.2) is 28.9 Å². The van der Waals surface area contributed by atoms with Crippen molar-refractivity contribution in [3.8, 4) is 0 Å². The Balaban J connectivity index is 1.79. The second-order valence-electron chi connectivity index (χ2n) is 5.54. The number of carbonyl (C=O) groups excluding carboxylic acids is 2. The number of aryl methyl sites for hydroxylation is 2. The molecule has 0 radical (unpaired) electrons. The van der Waals surface area contributed by atoms with E-state index in [1.807, 2.05) is 6.92 Å². The summed E-state index contributed by atoms with van der Waals surface area (Å²) in [7, 11) is 0. The molecular weight excluding hydrogens is 383 g/mol. The lowest BCUT2D eigenvalue weighted by Crippen LogP contribution is -2.30. The Hall–Kier alpha value is -2.06. The first kappa shape index (κ1) is 20.3. The van der Waals surface area contributed by atoms with Gasteiger partial charge in [-0.1, -0.05) is 16.8 Å². The van der Waals surface area contributed by atoms with E-state index in [4.69, 9.17) is 20.9 Å². The molecule has 0 saturated heterocycles. The fourth-order valence-corrected chi connectivity index (χ4v) is 3.22. The minimum Gasteiger partial charge on any atom is -0.452 e. The molecule has 2 aromatic rings. The summed E-state index contributed by atoms with van der Waals surface area (Å²) >= 11 is 7.19. The number of esters is 1. The third-order valence-corrected chi connectivity index (χ3v) is 4.76. The first-order valence-electron chi connectivity index (χ1n) is 7.72. The van der Waals surface area contributed by atoms with E-state index in [-0.39, 0.29) is 16.5 Å². The average molecular weight is 401 g/mol. The van der Waals surface area contributed by atoms with Crippen LogP contribution in [0.25, 0.3) is 0 Å². The van der Waals surface area contributed by atoms with Crippen molar-refractivity contribution in [3.05, 3.63) is 46.1 Å². The number of aromatic nitrogens is 1. The standard InChI is InChI=1S/C17H18ClFN2O4S/c1-9-13(10(2)25-21-9)7-26-8-16(22)24-11(3)17(23)20-15-5-4-12(19)6-14(15)18/h4-6,11H,7-8H2,1-3H3,(H,20,23)/t11-/m0/s1. The number of rotatable bonds is 7. The summed E-state index contributed by atoms with van der Waals surface area (Å²) in [5.74, 6) is -0.228. The zero-order valence-corrected chi connectivity index (χ0v) is 16.0. The van der Waals surface area contributed by atoms with Crippen LogP contribution < -0.4 is 5.32 Å². The highest BCUT2D eigenvalue weighted by atomic mass is 35.5. The maximum absolute atomic E-state index is 13.0. The minimum absolute atomic E-state index is 0.0619. The lowest BCUT2D eigenvalue weighted by molar-refractivity contribution is -0.150. The third-order valence-electron chi connectivity index (χ3n) is 3.51. The van der Waals surface area contributed by atoms with Crippen molar-refractivity contribution < 1.29 is 23.2 Å². The third kappa shape index (κ3) is 5.47. The van der Waals surface area contributed by atoms with Crippen molar-refractivity contribution in [3.63, 3.8) is 0 Å². The van der Waals surface area contributed by atoms with Crippen LogP contribution in [0.5, 0.6) is 0 Å². The molecule has 26 heavy (non-hydrogen) atoms. The highest BCUT2D eigenvalue weighted by molar-refractivity contribution is 7.99. The average Bonchev–Trinajstić information content (AvgIpc) is 2.89. The van der Waals surface area contributed by atoms with Gasteiger partial charge in [0.15, 0.2) is 6.10 Å². The summed E-state index contributed by atoms with van der Waals surface area (Å²) in [6.07, 6.45) is -1.01. The highest BCUT2D eigenvalue weighted by Crippen LogP contribution is 2.23. The molecule has 0 unspecified atom stereocenters. The second kappa shape index (κ2) is 9.05. The van der Waals surface area contributed by atoms with Gasteiger partial charge in [-0.2, -0.15) is 0 Å². The van der Waals surface area contributed by atoms with Gasteiger partial charge in [0.2, 0.25) is 0 Å². The number of nitrogens with one attached hydrogen (secondary N) is 1. The van der Waals surface area contributed by atoms with Gasteiger partial charge in [0.1, 0.15) is 11.6 Å². The van der Waals surface area contributed by atoms with Gasteiger partial charge in [0, 0.05) is 11.3 Å². The van der Waals surface area contributed by atoms with Crippen LogP contribution >= 0.6 is 23.4 Å². The maximum atomic E-state index is 13.0. The van der Waals surface area contributed by atoms with Crippen LogP contribution in [0.3, 0.4) is 0 Å². The second-order valence-corrected chi connectivity index (χ2v) is 6.93. The van der Waals surface area contributed by atoms with Crippen molar-refractivity contribution in [2.24, 2.45) is 0 Å². The van der Waals surface area contributed by atoms with E-state index in [0.29, 0.717) is 11.5 Å². The van der Waals surface area contributed by atoms with Crippen LogP contribution in [0.4, 0.5) is 10.1 Å². The Labute approximate surface area is 159 Å². The molecule has 0 fully saturated rings. The molecule has 0 aliphatic heterocycles. The molecule has 1 heterocycles. The van der Waals surface area contributed by atoms with E-state index in [9.17, 15) is 14.0 Å². The largest absolute Gasteiger partial charge is 0.452 e. The van der Waals surface area contributed by atoms with E-state index < -0.39 is 23.8 Å². The predicted octanol–water partition coefficient (Wildman–Crippen LogP) is 3.89. The molecule has 6 nitrogen and oxygen atoms in total. The normalized spacial score (nSPS) is 11.9. The summed E-state index contributed by atoms with van der Waals surface area (Å²) in [6.45, 7) is 5.09. The van der Waals surface area contributed by atoms with E-state index in [1.165, 1.54) is 30.8 Å². The smallest absolute Gasteiger partial charge is 0.316 e. The van der Waals surface area contributed by atoms with Crippen molar-refractivity contribution in [2.45, 2.75) is 32.6 Å². The van der Waals surface area contributed by atoms with Crippen LogP contribution in [0.2, 0.25) is 5.02 Å². The van der Waals surface area contributed by atoms with Crippen molar-refractivity contribution >= 4 is 40.9 Å². The van der Waals surface area contributed by atoms with Crippen LogP contribution in [0, 0.1) is 19.7 Å². The number of carbonyl (C=O) groups is 2. The van der Waals surface area contributed by atoms with Gasteiger partial charge in [-0.05, 0) is 39.0 Å². The summed E-state index contributed by atoms with van der Waals surface area (Å²) in [6, 6.07) is 3.59. The molecule has 1 N–H and O–H groups in total. The molecule has 0 saturated carbocycles. The van der Waals surface area contributed by atoms with Gasteiger partial charge < -0.3 is 14.6 Å². The maximum Gasteiger partial charge on any atom is 0.316 e. The first-order chi connectivity index (χ1) is 12.3. The Morgan fingerprint density at radius 1 is 1.42 bits per heavy atom. The van der Waals surface area contributed by atoms with Crippen LogP contribution in [0.1, 0.15) is 23.9 Å². The highest BCUT2D eigenvalue weighted by Gasteiger charge is 2.19. The zero-order valence-electron chi connectivity index (χ0n) is 14.5. The molecule has 140 valence electrons. The molecule has 1 amide bonds. The van der Waals surface area contributed by atoms with Crippen LogP contribution in [-0.2, 0) is 20.1 Å². The van der Waals surface area contributed by atoms with Gasteiger partial charge in [0.25, 0.3) is 5.91 Å². The Kier molecular flexibility index (Phi) is 7.05. The number of amides is 1. The molecule has 1 aromatic carbocycles. The summed E-state index contributed by atoms with van der Waals surface area (Å²) in [5, 5.41) is 6.40. The van der Waals surface area contributed by atoms with E-state index in [2.05, 4.69) is 10.5 Å². The van der Waals surface area contributed by atoms with Gasteiger partial charge >= 0.3 is 5.97 Å². The van der Waals surface area contributed by atoms with Crippen molar-refractivity contribution in [1.82, 2.24) is 5.16 Å². The number of hydrogen-bond acceptors (Lipinski definition) is 6. The Morgan fingerprint density at radius 2 is 2.15 bits per heavy atom. The molecule has 9 heteroatoms. The van der Waals surface area contributed by atoms with Gasteiger partial charge in [-0.3, -0.25) is 9.59 Å². The molecule has 0 spiro atoms. The van der Waals surface area contributed by atoms with E-state index in [0.717, 1.165) is 17.3 Å². The number of thioether (sulfide) groups is 1. The predicted molar refractivity (Wildman–Crippen MR) is 97.7 cm³/mol. The van der Waals surface area contributed by atoms with Crippen molar-refractivity contribution in [2.75, 3.05) is 11.1 Å². The SMILES string of the molecule is Cc1noc(C)c1CSCC(=O)O[C@@H](C)C(=O)Nc1ccc(F)cc1Cl. The van der Waals surface area contributed by atoms with E-state index in [1.54, 1.807) is 6.92 Å². The van der Waals surface area contributed by atoms with Crippen molar-refractivity contribution in [1.29, 1.82) is 0 Å². The quantitative estimate of drug-likeness (QED) is 0.710.